The molecule has 0 unspecified atom stereocenters. The fourth-order valence-corrected chi connectivity index (χ4v) is 5.32. The first-order chi connectivity index (χ1) is 15.7. The van der Waals surface area contributed by atoms with Gasteiger partial charge in [-0.1, -0.05) is 12.1 Å². The zero-order valence-corrected chi connectivity index (χ0v) is 20.5. The van der Waals surface area contributed by atoms with Crippen molar-refractivity contribution in [2.75, 3.05) is 25.1 Å². The lowest BCUT2D eigenvalue weighted by atomic mass is 10.0. The largest absolute Gasteiger partial charge is 0.481 e. The number of aromatic nitrogens is 3. The maximum absolute atomic E-state index is 11.5. The summed E-state index contributed by atoms with van der Waals surface area (Å²) in [6.45, 7) is 1.60. The highest BCUT2D eigenvalue weighted by Gasteiger charge is 2.17. The molecule has 0 atom stereocenters. The van der Waals surface area contributed by atoms with Gasteiger partial charge < -0.3 is 9.64 Å². The lowest BCUT2D eigenvalue weighted by Crippen LogP contribution is -2.33. The van der Waals surface area contributed by atoms with Crippen LogP contribution in [0.1, 0.15) is 12.8 Å². The molecule has 0 radical (unpaired) electrons. The van der Waals surface area contributed by atoms with Crippen LogP contribution in [-0.4, -0.2) is 39.9 Å². The number of hydrogen-bond acceptors (Lipinski definition) is 6. The second kappa shape index (κ2) is 9.11. The first-order valence-electron chi connectivity index (χ1n) is 10.3. The van der Waals surface area contributed by atoms with Gasteiger partial charge in [-0.15, -0.1) is 0 Å². The van der Waals surface area contributed by atoms with Crippen molar-refractivity contribution in [2.24, 2.45) is 0 Å². The van der Waals surface area contributed by atoms with Gasteiger partial charge in [0, 0.05) is 109 Å². The number of halogens is 1. The molecule has 0 amide bonds. The Morgan fingerprint density at radius 1 is 0.969 bits per heavy atom. The minimum atomic E-state index is 0.358. The minimum Gasteiger partial charge on any atom is -0.481 e. The number of benzene rings is 1. The molecule has 0 spiro atoms. The zero-order valence-electron chi connectivity index (χ0n) is 17.5. The molecule has 1 saturated heterocycles. The molecule has 1 aromatic carbocycles. The fraction of sp³-hybridized carbons (Fsp3) is 0.208. The van der Waals surface area contributed by atoms with Crippen LogP contribution in [0.3, 0.4) is 0 Å². The Morgan fingerprint density at radius 2 is 1.69 bits per heavy atom. The van der Waals surface area contributed by atoms with Gasteiger partial charge >= 0.3 is 0 Å². The smallest absolute Gasteiger partial charge is 0.212 e. The third kappa shape index (κ3) is 4.09. The number of anilines is 1. The lowest BCUT2D eigenvalue weighted by molar-refractivity contribution is -0.119. The summed E-state index contributed by atoms with van der Waals surface area (Å²) >= 11 is 2.27. The van der Waals surface area contributed by atoms with E-state index in [1.807, 2.05) is 24.5 Å². The fourth-order valence-electron chi connectivity index (χ4n) is 4.06. The quantitative estimate of drug-likeness (QED) is 0.290. The highest BCUT2D eigenvalue weighted by atomic mass is 127. The number of pyridine rings is 2. The number of fused-ring (bicyclic) bond motifs is 1. The van der Waals surface area contributed by atoms with Gasteiger partial charge in [0.05, 0.1) is 7.11 Å². The van der Waals surface area contributed by atoms with Crippen LogP contribution < -0.4 is 9.64 Å². The van der Waals surface area contributed by atoms with E-state index >= 15 is 0 Å². The van der Waals surface area contributed by atoms with E-state index in [9.17, 15) is 4.79 Å². The number of ether oxygens (including phenoxy) is 1. The summed E-state index contributed by atoms with van der Waals surface area (Å²) in [7, 11) is 3.21. The average Bonchev–Trinajstić information content (AvgIpc) is 3.23. The second-order valence-corrected chi connectivity index (χ2v) is 9.41. The summed E-state index contributed by atoms with van der Waals surface area (Å²) in [5.74, 6) is 0.953. The Hall–Kier alpha value is -2.59. The molecular formula is C24H21IN4O2S. The molecule has 3 aromatic heterocycles. The Balaban J connectivity index is 1.50. The zero-order chi connectivity index (χ0) is 22.1. The lowest BCUT2D eigenvalue weighted by Gasteiger charge is -2.28. The van der Waals surface area contributed by atoms with Gasteiger partial charge in [-0.2, -0.15) is 0 Å². The summed E-state index contributed by atoms with van der Waals surface area (Å²) < 4.78 is 7.27. The number of hydrogen-bond donors (Lipinski definition) is 0. The number of carbonyl (C=O) groups excluding carboxylic acids is 1. The molecule has 32 heavy (non-hydrogen) atoms. The molecule has 4 aromatic rings. The van der Waals surface area contributed by atoms with Gasteiger partial charge in [-0.05, 0) is 29.8 Å². The van der Waals surface area contributed by atoms with Crippen LogP contribution in [0.4, 0.5) is 5.69 Å². The average molecular weight is 556 g/mol. The summed E-state index contributed by atoms with van der Waals surface area (Å²) in [5, 5.41) is 1.08. The number of carbonyl (C=O) groups is 1. The van der Waals surface area contributed by atoms with E-state index in [1.165, 1.54) is 0 Å². The topological polar surface area (TPSA) is 60.2 Å². The second-order valence-electron chi connectivity index (χ2n) is 7.69. The van der Waals surface area contributed by atoms with Crippen molar-refractivity contribution >= 4 is 52.8 Å². The van der Waals surface area contributed by atoms with E-state index in [0.29, 0.717) is 24.5 Å². The molecule has 4 heterocycles. The van der Waals surface area contributed by atoms with Gasteiger partial charge in [0.25, 0.3) is 0 Å². The van der Waals surface area contributed by atoms with Crippen molar-refractivity contribution < 1.29 is 9.53 Å². The SMILES string of the molecule is COc1ccc(-c2cn(SI)c3ncc(-c4ccc(N5CCC(=O)CC5)cc4)cc23)cn1. The maximum Gasteiger partial charge on any atom is 0.212 e. The molecule has 6 nitrogen and oxygen atoms in total. The molecule has 5 rings (SSSR count). The van der Waals surface area contributed by atoms with E-state index in [0.717, 1.165) is 52.1 Å². The highest BCUT2D eigenvalue weighted by molar-refractivity contribution is 14.2. The molecule has 1 aliphatic heterocycles. The van der Waals surface area contributed by atoms with Crippen molar-refractivity contribution in [2.45, 2.75) is 12.8 Å². The molecule has 0 N–H and O–H groups in total. The third-order valence-corrected chi connectivity index (χ3v) is 7.53. The van der Waals surface area contributed by atoms with Gasteiger partial charge in [-0.3, -0.25) is 8.77 Å². The summed E-state index contributed by atoms with van der Waals surface area (Å²) in [5.41, 5.74) is 6.38. The van der Waals surface area contributed by atoms with Crippen LogP contribution in [0.5, 0.6) is 5.88 Å². The number of nitrogens with zero attached hydrogens (tertiary/aromatic N) is 4. The number of methoxy groups -OCH3 is 1. The minimum absolute atomic E-state index is 0.358. The molecule has 8 heteroatoms. The van der Waals surface area contributed by atoms with Gasteiger partial charge in [0.2, 0.25) is 5.88 Å². The van der Waals surface area contributed by atoms with Crippen molar-refractivity contribution in [3.63, 3.8) is 0 Å². The highest BCUT2D eigenvalue weighted by Crippen LogP contribution is 2.36. The molecule has 162 valence electrons. The molecule has 0 bridgehead atoms. The van der Waals surface area contributed by atoms with E-state index < -0.39 is 0 Å². The van der Waals surface area contributed by atoms with Gasteiger partial charge in [-0.25, -0.2) is 9.97 Å². The first-order valence-corrected chi connectivity index (χ1v) is 13.7. The predicted octanol–water partition coefficient (Wildman–Crippen LogP) is 5.79. The third-order valence-electron chi connectivity index (χ3n) is 5.83. The molecule has 0 saturated carbocycles. The Kier molecular flexibility index (Phi) is 6.05. The summed E-state index contributed by atoms with van der Waals surface area (Å²) in [4.78, 5) is 22.9. The predicted molar refractivity (Wildman–Crippen MR) is 138 cm³/mol. The van der Waals surface area contributed by atoms with Gasteiger partial charge in [0.15, 0.2) is 5.65 Å². The van der Waals surface area contributed by atoms with E-state index in [1.54, 1.807) is 16.2 Å². The number of rotatable bonds is 5. The first kappa shape index (κ1) is 21.3. The van der Waals surface area contributed by atoms with Crippen LogP contribution in [0, 0.1) is 0 Å². The summed E-state index contributed by atoms with van der Waals surface area (Å²) in [6, 6.07) is 14.6. The Labute approximate surface area is 202 Å². The Morgan fingerprint density at radius 3 is 2.34 bits per heavy atom. The van der Waals surface area contributed by atoms with Gasteiger partial charge in [0.1, 0.15) is 5.78 Å². The van der Waals surface area contributed by atoms with Crippen LogP contribution in [-0.2, 0) is 4.79 Å². The Bertz CT molecular complexity index is 1260. The monoisotopic (exact) mass is 556 g/mol. The molecule has 1 aliphatic rings. The number of Topliss-reactive ketones (excluding diaryl/α,β-unsaturated/α-hetero) is 1. The van der Waals surface area contributed by atoms with E-state index in [4.69, 9.17) is 9.72 Å². The van der Waals surface area contributed by atoms with E-state index in [-0.39, 0.29) is 0 Å². The van der Waals surface area contributed by atoms with Crippen LogP contribution in [0.15, 0.2) is 61.1 Å². The molecular weight excluding hydrogens is 535 g/mol. The normalized spacial score (nSPS) is 14.2. The van der Waals surface area contributed by atoms with Crippen molar-refractivity contribution in [1.82, 2.24) is 13.9 Å². The summed E-state index contributed by atoms with van der Waals surface area (Å²) in [6.07, 6.45) is 7.13. The van der Waals surface area contributed by atoms with Crippen molar-refractivity contribution in [3.05, 3.63) is 61.1 Å². The molecule has 0 aliphatic carbocycles. The van der Waals surface area contributed by atoms with Crippen molar-refractivity contribution in [3.8, 4) is 28.1 Å². The van der Waals surface area contributed by atoms with Crippen LogP contribution in [0.2, 0.25) is 0 Å². The number of piperidine rings is 1. The molecule has 1 fully saturated rings. The van der Waals surface area contributed by atoms with Crippen molar-refractivity contribution in [1.29, 1.82) is 0 Å². The standard InChI is InChI=1S/C24H21IN4O2S/c1-31-23-7-4-17(13-26-23)22-15-29(32-25)24-21(22)12-18(14-27-24)16-2-5-19(6-3-16)28-10-8-20(30)9-11-28/h2-7,12-15H,8-11H2,1H3. The van der Waals surface area contributed by atoms with Crippen LogP contribution in [0.25, 0.3) is 33.3 Å². The maximum atomic E-state index is 11.5. The van der Waals surface area contributed by atoms with Crippen LogP contribution >= 0.6 is 30.3 Å². The van der Waals surface area contributed by atoms with E-state index in [2.05, 4.69) is 71.6 Å². The number of ketones is 1.